The van der Waals surface area contributed by atoms with Crippen LogP contribution in [0.4, 0.5) is 14.6 Å². The molecule has 0 spiro atoms. The number of carbonyl (C=O) groups is 1. The molecule has 0 saturated heterocycles. The quantitative estimate of drug-likeness (QED) is 0.472. The van der Waals surface area contributed by atoms with Crippen LogP contribution in [0.3, 0.4) is 0 Å². The standard InChI is InChI=1S/C8H2ClF2N3O3/c9-6(15)4-2-13-8(14(16)17)3(1-12)5(4)7(10)11/h2,7H. The van der Waals surface area contributed by atoms with E-state index in [1.165, 1.54) is 6.07 Å². The summed E-state index contributed by atoms with van der Waals surface area (Å²) in [5.74, 6) is -1.04. The number of nitrogens with zero attached hydrogens (tertiary/aromatic N) is 3. The average Bonchev–Trinajstić information content (AvgIpc) is 2.26. The predicted octanol–water partition coefficient (Wildman–Crippen LogP) is 2.18. The second kappa shape index (κ2) is 4.80. The molecular weight excluding hydrogens is 260 g/mol. The molecule has 1 rings (SSSR count). The molecule has 17 heavy (non-hydrogen) atoms. The summed E-state index contributed by atoms with van der Waals surface area (Å²) in [6, 6.07) is 1.23. The van der Waals surface area contributed by atoms with Crippen LogP contribution in [0.25, 0.3) is 0 Å². The Morgan fingerprint density at radius 2 is 2.24 bits per heavy atom. The molecule has 1 aromatic rings. The van der Waals surface area contributed by atoms with E-state index in [0.717, 1.165) is 0 Å². The molecule has 0 saturated carbocycles. The van der Waals surface area contributed by atoms with Crippen LogP contribution in [0.1, 0.15) is 27.9 Å². The minimum absolute atomic E-state index is 0.551. The maximum atomic E-state index is 12.7. The van der Waals surface area contributed by atoms with Gasteiger partial charge in [-0.05, 0) is 21.5 Å². The lowest BCUT2D eigenvalue weighted by molar-refractivity contribution is -0.389. The van der Waals surface area contributed by atoms with Crippen LogP contribution in [0.15, 0.2) is 6.20 Å². The molecule has 0 radical (unpaired) electrons. The van der Waals surface area contributed by atoms with Gasteiger partial charge in [-0.15, -0.1) is 0 Å². The Bertz CT molecular complexity index is 542. The van der Waals surface area contributed by atoms with E-state index in [9.17, 15) is 23.7 Å². The van der Waals surface area contributed by atoms with Crippen LogP contribution < -0.4 is 0 Å². The first-order chi connectivity index (χ1) is 7.90. The summed E-state index contributed by atoms with van der Waals surface area (Å²) in [5, 5.41) is 17.8. The summed E-state index contributed by atoms with van der Waals surface area (Å²) in [4.78, 5) is 23.4. The van der Waals surface area contributed by atoms with Crippen molar-refractivity contribution in [1.82, 2.24) is 4.98 Å². The molecule has 0 aliphatic carbocycles. The van der Waals surface area contributed by atoms with Gasteiger partial charge in [0, 0.05) is 0 Å². The van der Waals surface area contributed by atoms with Gasteiger partial charge in [0.25, 0.3) is 11.7 Å². The van der Waals surface area contributed by atoms with E-state index >= 15 is 0 Å². The average molecular weight is 262 g/mol. The van der Waals surface area contributed by atoms with Crippen molar-refractivity contribution >= 4 is 22.7 Å². The molecule has 9 heteroatoms. The molecule has 0 aromatic carbocycles. The maximum absolute atomic E-state index is 12.7. The summed E-state index contributed by atoms with van der Waals surface area (Å²) in [5.41, 5.74) is -2.76. The third-order valence-electron chi connectivity index (χ3n) is 1.81. The monoisotopic (exact) mass is 261 g/mol. The van der Waals surface area contributed by atoms with E-state index < -0.39 is 39.1 Å². The van der Waals surface area contributed by atoms with Gasteiger partial charge in [-0.25, -0.2) is 8.78 Å². The van der Waals surface area contributed by atoms with Crippen molar-refractivity contribution < 1.29 is 18.5 Å². The van der Waals surface area contributed by atoms with Crippen molar-refractivity contribution in [2.24, 2.45) is 0 Å². The largest absolute Gasteiger partial charge is 0.381 e. The molecule has 0 amide bonds. The fourth-order valence-electron chi connectivity index (χ4n) is 1.15. The lowest BCUT2D eigenvalue weighted by Gasteiger charge is -2.05. The first-order valence-electron chi connectivity index (χ1n) is 3.95. The number of hydrogen-bond acceptors (Lipinski definition) is 5. The van der Waals surface area contributed by atoms with Crippen molar-refractivity contribution in [2.75, 3.05) is 0 Å². The molecule has 0 unspecified atom stereocenters. The lowest BCUT2D eigenvalue weighted by atomic mass is 10.1. The van der Waals surface area contributed by atoms with Crippen LogP contribution in [0, 0.1) is 21.4 Å². The molecule has 0 bridgehead atoms. The Kier molecular flexibility index (Phi) is 3.65. The number of pyridine rings is 1. The SMILES string of the molecule is N#Cc1c([N+](=O)[O-])ncc(C(=O)Cl)c1C(F)F. The summed E-state index contributed by atoms with van der Waals surface area (Å²) in [7, 11) is 0. The Morgan fingerprint density at radius 3 is 2.59 bits per heavy atom. The van der Waals surface area contributed by atoms with E-state index in [1.807, 2.05) is 0 Å². The molecule has 0 aliphatic heterocycles. The second-order valence-corrected chi connectivity index (χ2v) is 3.07. The number of carbonyl (C=O) groups excluding carboxylic acids is 1. The first kappa shape index (κ1) is 12.9. The number of rotatable bonds is 3. The highest BCUT2D eigenvalue weighted by Crippen LogP contribution is 2.31. The van der Waals surface area contributed by atoms with Gasteiger partial charge in [-0.1, -0.05) is 0 Å². The van der Waals surface area contributed by atoms with Crippen LogP contribution in [-0.2, 0) is 0 Å². The number of nitriles is 1. The van der Waals surface area contributed by atoms with Crippen molar-refractivity contribution in [2.45, 2.75) is 6.43 Å². The van der Waals surface area contributed by atoms with Crippen LogP contribution >= 0.6 is 11.6 Å². The zero-order valence-electron chi connectivity index (χ0n) is 7.85. The van der Waals surface area contributed by atoms with E-state index in [4.69, 9.17) is 16.9 Å². The van der Waals surface area contributed by atoms with Gasteiger partial charge in [-0.3, -0.25) is 4.79 Å². The van der Waals surface area contributed by atoms with Crippen LogP contribution in [-0.4, -0.2) is 15.1 Å². The number of nitro groups is 1. The smallest absolute Gasteiger partial charge is 0.358 e. The summed E-state index contributed by atoms with van der Waals surface area (Å²) in [6.07, 6.45) is -2.69. The molecule has 6 nitrogen and oxygen atoms in total. The molecule has 0 aliphatic rings. The Labute approximate surface area is 97.6 Å². The molecule has 0 N–H and O–H groups in total. The van der Waals surface area contributed by atoms with Crippen molar-refractivity contribution in [3.8, 4) is 6.07 Å². The Morgan fingerprint density at radius 1 is 1.65 bits per heavy atom. The molecule has 1 aromatic heterocycles. The van der Waals surface area contributed by atoms with E-state index in [2.05, 4.69) is 4.98 Å². The number of halogens is 3. The van der Waals surface area contributed by atoms with Gasteiger partial charge < -0.3 is 10.1 Å². The van der Waals surface area contributed by atoms with Gasteiger partial charge in [0.15, 0.2) is 11.8 Å². The summed E-state index contributed by atoms with van der Waals surface area (Å²) in [6.45, 7) is 0. The zero-order chi connectivity index (χ0) is 13.2. The zero-order valence-corrected chi connectivity index (χ0v) is 8.61. The van der Waals surface area contributed by atoms with Gasteiger partial charge in [0.2, 0.25) is 0 Å². The van der Waals surface area contributed by atoms with Gasteiger partial charge in [0.1, 0.15) is 6.07 Å². The minimum Gasteiger partial charge on any atom is -0.358 e. The van der Waals surface area contributed by atoms with Crippen molar-refractivity contribution in [1.29, 1.82) is 5.26 Å². The first-order valence-corrected chi connectivity index (χ1v) is 4.33. The van der Waals surface area contributed by atoms with Crippen LogP contribution in [0.5, 0.6) is 0 Å². The molecule has 1 heterocycles. The predicted molar refractivity (Wildman–Crippen MR) is 50.7 cm³/mol. The normalized spacial score (nSPS) is 10.1. The third kappa shape index (κ3) is 2.34. The van der Waals surface area contributed by atoms with Gasteiger partial charge >= 0.3 is 5.82 Å². The summed E-state index contributed by atoms with van der Waals surface area (Å²) < 4.78 is 25.3. The molecule has 88 valence electrons. The highest BCUT2D eigenvalue weighted by atomic mass is 35.5. The van der Waals surface area contributed by atoms with E-state index in [-0.39, 0.29) is 0 Å². The number of alkyl halides is 2. The van der Waals surface area contributed by atoms with Gasteiger partial charge in [-0.2, -0.15) is 5.26 Å². The second-order valence-electron chi connectivity index (χ2n) is 2.73. The molecular formula is C8H2ClF2N3O3. The maximum Gasteiger partial charge on any atom is 0.381 e. The van der Waals surface area contributed by atoms with Gasteiger partial charge in [0.05, 0.1) is 11.1 Å². The Balaban J connectivity index is 3.69. The molecule has 0 fully saturated rings. The number of hydrogen-bond donors (Lipinski definition) is 0. The van der Waals surface area contributed by atoms with E-state index in [0.29, 0.717) is 6.20 Å². The highest BCUT2D eigenvalue weighted by Gasteiger charge is 2.30. The Hall–Kier alpha value is -2.14. The van der Waals surface area contributed by atoms with Crippen molar-refractivity contribution in [3.63, 3.8) is 0 Å². The topological polar surface area (TPSA) is 96.9 Å². The van der Waals surface area contributed by atoms with Crippen molar-refractivity contribution in [3.05, 3.63) is 33.0 Å². The fraction of sp³-hybridized carbons (Fsp3) is 0.125. The van der Waals surface area contributed by atoms with Crippen LogP contribution in [0.2, 0.25) is 0 Å². The van der Waals surface area contributed by atoms with E-state index in [1.54, 1.807) is 0 Å². The summed E-state index contributed by atoms with van der Waals surface area (Å²) >= 11 is 5.02. The lowest BCUT2D eigenvalue weighted by Crippen LogP contribution is -2.07. The third-order valence-corrected chi connectivity index (χ3v) is 2.02. The fourth-order valence-corrected chi connectivity index (χ4v) is 1.30. The number of aromatic nitrogens is 1. The highest BCUT2D eigenvalue weighted by molar-refractivity contribution is 6.67. The minimum atomic E-state index is -3.25. The molecule has 0 atom stereocenters.